The fraction of sp³-hybridized carbons (Fsp3) is 0.611. The number of benzene rings is 1. The summed E-state index contributed by atoms with van der Waals surface area (Å²) in [6.45, 7) is 8.96. The first-order chi connectivity index (χ1) is 9.87. The van der Waals surface area contributed by atoms with Crippen LogP contribution in [0.2, 0.25) is 0 Å². The molecule has 1 aromatic rings. The maximum absolute atomic E-state index is 12.5. The smallest absolute Gasteiger partial charge is 0.224 e. The molecule has 21 heavy (non-hydrogen) atoms. The molecule has 0 radical (unpaired) electrons. The maximum atomic E-state index is 12.5. The monoisotopic (exact) mass is 290 g/mol. The average molecular weight is 290 g/mol. The van der Waals surface area contributed by atoms with Crippen molar-refractivity contribution in [2.75, 3.05) is 6.54 Å². The Balaban J connectivity index is 2.76. The second kappa shape index (κ2) is 8.18. The number of rotatable bonds is 7. The lowest BCUT2D eigenvalue weighted by atomic mass is 9.84. The van der Waals surface area contributed by atoms with E-state index in [1.807, 2.05) is 18.2 Å². The van der Waals surface area contributed by atoms with Crippen molar-refractivity contribution >= 4 is 5.91 Å². The van der Waals surface area contributed by atoms with Crippen LogP contribution in [-0.4, -0.2) is 12.5 Å². The highest BCUT2D eigenvalue weighted by molar-refractivity contribution is 5.79. The van der Waals surface area contributed by atoms with E-state index in [4.69, 9.17) is 5.73 Å². The van der Waals surface area contributed by atoms with E-state index in [9.17, 15) is 4.79 Å². The molecule has 1 amide bonds. The fourth-order valence-corrected chi connectivity index (χ4v) is 2.61. The summed E-state index contributed by atoms with van der Waals surface area (Å²) in [5.41, 5.74) is 7.08. The normalized spacial score (nSPS) is 14.5. The van der Waals surface area contributed by atoms with Crippen molar-refractivity contribution in [3.05, 3.63) is 35.9 Å². The Morgan fingerprint density at radius 2 is 1.86 bits per heavy atom. The molecule has 0 spiro atoms. The lowest BCUT2D eigenvalue weighted by Gasteiger charge is -2.27. The van der Waals surface area contributed by atoms with Gasteiger partial charge in [0.05, 0.1) is 12.0 Å². The Morgan fingerprint density at radius 1 is 1.24 bits per heavy atom. The maximum Gasteiger partial charge on any atom is 0.224 e. The van der Waals surface area contributed by atoms with Crippen LogP contribution in [0.15, 0.2) is 30.3 Å². The van der Waals surface area contributed by atoms with Crippen LogP contribution in [0.5, 0.6) is 0 Å². The highest BCUT2D eigenvalue weighted by Crippen LogP contribution is 2.25. The molecule has 0 aromatic heterocycles. The van der Waals surface area contributed by atoms with E-state index in [-0.39, 0.29) is 23.3 Å². The molecule has 0 saturated heterocycles. The molecule has 0 aliphatic rings. The van der Waals surface area contributed by atoms with Gasteiger partial charge in [-0.3, -0.25) is 4.79 Å². The van der Waals surface area contributed by atoms with Crippen LogP contribution in [-0.2, 0) is 4.79 Å². The minimum atomic E-state index is -0.118. The molecule has 2 atom stereocenters. The first kappa shape index (κ1) is 17.7. The topological polar surface area (TPSA) is 55.1 Å². The third-order valence-electron chi connectivity index (χ3n) is 3.61. The predicted octanol–water partition coefficient (Wildman–Crippen LogP) is 3.66. The Labute approximate surface area is 129 Å². The molecule has 3 heteroatoms. The van der Waals surface area contributed by atoms with E-state index in [0.29, 0.717) is 6.54 Å². The highest BCUT2D eigenvalue weighted by Gasteiger charge is 2.25. The lowest BCUT2D eigenvalue weighted by Crippen LogP contribution is -2.39. The van der Waals surface area contributed by atoms with Crippen molar-refractivity contribution < 1.29 is 4.79 Å². The van der Waals surface area contributed by atoms with Gasteiger partial charge in [0.15, 0.2) is 0 Å². The zero-order chi connectivity index (χ0) is 15.9. The molecular weight excluding hydrogens is 260 g/mol. The Bertz CT molecular complexity index is 423. The summed E-state index contributed by atoms with van der Waals surface area (Å²) in [7, 11) is 0. The summed E-state index contributed by atoms with van der Waals surface area (Å²) in [5.74, 6) is -0.0391. The molecule has 1 rings (SSSR count). The molecule has 0 saturated carbocycles. The minimum Gasteiger partial charge on any atom is -0.349 e. The van der Waals surface area contributed by atoms with E-state index >= 15 is 0 Å². The van der Waals surface area contributed by atoms with Gasteiger partial charge >= 0.3 is 0 Å². The van der Waals surface area contributed by atoms with Gasteiger partial charge in [-0.1, -0.05) is 64.4 Å². The molecule has 0 heterocycles. The average Bonchev–Trinajstić information content (AvgIpc) is 2.44. The number of carbonyl (C=O) groups excluding carboxylic acids is 1. The van der Waals surface area contributed by atoms with Crippen molar-refractivity contribution in [2.24, 2.45) is 17.1 Å². The SMILES string of the molecule is CCCC(NC(=O)C(CN)CC(C)(C)C)c1ccccc1. The number of hydrogen-bond acceptors (Lipinski definition) is 2. The zero-order valence-electron chi connectivity index (χ0n) is 13.9. The van der Waals surface area contributed by atoms with E-state index < -0.39 is 0 Å². The summed E-state index contributed by atoms with van der Waals surface area (Å²) in [6, 6.07) is 10.2. The summed E-state index contributed by atoms with van der Waals surface area (Å²) in [6.07, 6.45) is 2.79. The molecule has 3 N–H and O–H groups in total. The van der Waals surface area contributed by atoms with Gasteiger partial charge in [-0.05, 0) is 23.8 Å². The van der Waals surface area contributed by atoms with Crippen molar-refractivity contribution in [1.29, 1.82) is 0 Å². The number of nitrogens with two attached hydrogens (primary N) is 1. The molecular formula is C18H30N2O. The van der Waals surface area contributed by atoms with Crippen LogP contribution < -0.4 is 11.1 Å². The van der Waals surface area contributed by atoms with Crippen molar-refractivity contribution in [3.63, 3.8) is 0 Å². The standard InChI is InChI=1S/C18H30N2O/c1-5-9-16(14-10-7-6-8-11-14)20-17(21)15(13-19)12-18(2,3)4/h6-8,10-11,15-16H,5,9,12-13,19H2,1-4H3,(H,20,21). The number of hydrogen-bond donors (Lipinski definition) is 2. The number of nitrogens with one attached hydrogen (secondary N) is 1. The zero-order valence-corrected chi connectivity index (χ0v) is 13.9. The van der Waals surface area contributed by atoms with Gasteiger partial charge in [-0.15, -0.1) is 0 Å². The molecule has 0 bridgehead atoms. The second-order valence-corrected chi connectivity index (χ2v) is 6.96. The Hall–Kier alpha value is -1.35. The summed E-state index contributed by atoms with van der Waals surface area (Å²) >= 11 is 0. The highest BCUT2D eigenvalue weighted by atomic mass is 16.1. The number of carbonyl (C=O) groups is 1. The molecule has 3 nitrogen and oxygen atoms in total. The van der Waals surface area contributed by atoms with Crippen LogP contribution in [0.25, 0.3) is 0 Å². The van der Waals surface area contributed by atoms with Crippen molar-refractivity contribution in [2.45, 2.75) is 53.0 Å². The molecule has 2 unspecified atom stereocenters. The van der Waals surface area contributed by atoms with Gasteiger partial charge in [0.1, 0.15) is 0 Å². The first-order valence-corrected chi connectivity index (χ1v) is 7.92. The third-order valence-corrected chi connectivity index (χ3v) is 3.61. The van der Waals surface area contributed by atoms with Gasteiger partial charge in [-0.2, -0.15) is 0 Å². The van der Waals surface area contributed by atoms with E-state index in [1.54, 1.807) is 0 Å². The molecule has 118 valence electrons. The molecule has 0 fully saturated rings. The summed E-state index contributed by atoms with van der Waals surface area (Å²) in [4.78, 5) is 12.5. The summed E-state index contributed by atoms with van der Waals surface area (Å²) in [5, 5.41) is 3.19. The Morgan fingerprint density at radius 3 is 2.33 bits per heavy atom. The van der Waals surface area contributed by atoms with Crippen molar-refractivity contribution in [3.8, 4) is 0 Å². The van der Waals surface area contributed by atoms with E-state index in [2.05, 4.69) is 45.1 Å². The van der Waals surface area contributed by atoms with Gasteiger partial charge in [-0.25, -0.2) is 0 Å². The largest absolute Gasteiger partial charge is 0.349 e. The van der Waals surface area contributed by atoms with Gasteiger partial charge < -0.3 is 11.1 Å². The van der Waals surface area contributed by atoms with Crippen LogP contribution in [0, 0.1) is 11.3 Å². The van der Waals surface area contributed by atoms with Crippen LogP contribution in [0.3, 0.4) is 0 Å². The van der Waals surface area contributed by atoms with Crippen LogP contribution in [0.4, 0.5) is 0 Å². The first-order valence-electron chi connectivity index (χ1n) is 7.92. The fourth-order valence-electron chi connectivity index (χ4n) is 2.61. The Kier molecular flexibility index (Phi) is 6.90. The lowest BCUT2D eigenvalue weighted by molar-refractivity contribution is -0.126. The molecule has 1 aromatic carbocycles. The van der Waals surface area contributed by atoms with Gasteiger partial charge in [0.25, 0.3) is 0 Å². The van der Waals surface area contributed by atoms with Gasteiger partial charge in [0, 0.05) is 6.54 Å². The third kappa shape index (κ3) is 6.30. The van der Waals surface area contributed by atoms with Crippen LogP contribution in [0.1, 0.15) is 58.6 Å². The predicted molar refractivity (Wildman–Crippen MR) is 88.9 cm³/mol. The minimum absolute atomic E-state index is 0.0785. The number of amides is 1. The van der Waals surface area contributed by atoms with E-state index in [1.165, 1.54) is 5.56 Å². The quantitative estimate of drug-likeness (QED) is 0.805. The molecule has 0 aliphatic carbocycles. The second-order valence-electron chi connectivity index (χ2n) is 6.96. The van der Waals surface area contributed by atoms with E-state index in [0.717, 1.165) is 19.3 Å². The van der Waals surface area contributed by atoms with Crippen LogP contribution >= 0.6 is 0 Å². The van der Waals surface area contributed by atoms with Gasteiger partial charge in [0.2, 0.25) is 5.91 Å². The van der Waals surface area contributed by atoms with Crippen molar-refractivity contribution in [1.82, 2.24) is 5.32 Å². The summed E-state index contributed by atoms with van der Waals surface area (Å²) < 4.78 is 0. The molecule has 0 aliphatic heterocycles.